The normalized spacial score (nSPS) is 10.9. The van der Waals surface area contributed by atoms with Gasteiger partial charge in [-0.2, -0.15) is 4.98 Å². The Morgan fingerprint density at radius 1 is 1.14 bits per heavy atom. The Morgan fingerprint density at radius 2 is 1.93 bits per heavy atom. The molecule has 8 nitrogen and oxygen atoms in total. The van der Waals surface area contributed by atoms with E-state index in [4.69, 9.17) is 9.26 Å². The van der Waals surface area contributed by atoms with Crippen molar-refractivity contribution in [3.8, 4) is 17.1 Å². The van der Waals surface area contributed by atoms with Gasteiger partial charge in [0.2, 0.25) is 11.7 Å². The van der Waals surface area contributed by atoms with Crippen LogP contribution in [0.1, 0.15) is 11.5 Å². The molecule has 2 aromatic heterocycles. The highest BCUT2D eigenvalue weighted by molar-refractivity contribution is 7.98. The van der Waals surface area contributed by atoms with Gasteiger partial charge in [-0.15, -0.1) is 5.10 Å². The molecule has 0 amide bonds. The highest BCUT2D eigenvalue weighted by atomic mass is 32.2. The quantitative estimate of drug-likeness (QED) is 0.446. The first-order chi connectivity index (χ1) is 14.2. The molecule has 0 bridgehead atoms. The number of thioether (sulfide) groups is 1. The number of hydrogen-bond donors (Lipinski definition) is 1. The molecule has 0 aliphatic rings. The molecule has 4 rings (SSSR count). The summed E-state index contributed by atoms with van der Waals surface area (Å²) in [6.45, 7) is 0.540. The average Bonchev–Trinajstić information content (AvgIpc) is 3.38. The Labute approximate surface area is 170 Å². The monoisotopic (exact) mass is 409 g/mol. The molecular formula is C20H19N5O3S. The molecule has 9 heteroatoms. The molecule has 0 spiro atoms. The zero-order valence-corrected chi connectivity index (χ0v) is 16.6. The molecule has 4 aromatic rings. The van der Waals surface area contributed by atoms with Crippen LogP contribution in [0.25, 0.3) is 11.4 Å². The fraction of sp³-hybridized carbons (Fsp3) is 0.200. The summed E-state index contributed by atoms with van der Waals surface area (Å²) in [7, 11) is 1.60. The third-order valence-electron chi connectivity index (χ3n) is 4.33. The molecule has 0 atom stereocenters. The Morgan fingerprint density at radius 3 is 2.76 bits per heavy atom. The fourth-order valence-corrected chi connectivity index (χ4v) is 3.68. The number of benzene rings is 2. The predicted molar refractivity (Wildman–Crippen MR) is 109 cm³/mol. The van der Waals surface area contributed by atoms with Crippen LogP contribution >= 0.6 is 11.8 Å². The van der Waals surface area contributed by atoms with Crippen molar-refractivity contribution in [3.05, 3.63) is 76.5 Å². The first-order valence-electron chi connectivity index (χ1n) is 9.02. The lowest BCUT2D eigenvalue weighted by atomic mass is 10.1. The average molecular weight is 409 g/mol. The number of methoxy groups -OCH3 is 1. The van der Waals surface area contributed by atoms with Crippen LogP contribution in [0, 0.1) is 0 Å². The molecular weight excluding hydrogens is 390 g/mol. The van der Waals surface area contributed by atoms with Crippen molar-refractivity contribution < 1.29 is 9.26 Å². The van der Waals surface area contributed by atoms with E-state index in [9.17, 15) is 4.79 Å². The summed E-state index contributed by atoms with van der Waals surface area (Å²) in [4.78, 5) is 16.5. The molecule has 0 saturated carbocycles. The van der Waals surface area contributed by atoms with Gasteiger partial charge in [0.1, 0.15) is 5.75 Å². The Hall–Kier alpha value is -3.33. The van der Waals surface area contributed by atoms with Crippen LogP contribution in [0.15, 0.2) is 69.1 Å². The zero-order valence-electron chi connectivity index (χ0n) is 15.7. The van der Waals surface area contributed by atoms with Crippen LogP contribution in [0.3, 0.4) is 0 Å². The maximum Gasteiger partial charge on any atom is 0.343 e. The Bertz CT molecular complexity index is 1140. The SMILES string of the molecule is COc1ccccc1-c1noc(CSc2n[nH]c(=O)n2CCc2ccccc2)n1. The van der Waals surface area contributed by atoms with Crippen LogP contribution in [0.4, 0.5) is 0 Å². The summed E-state index contributed by atoms with van der Waals surface area (Å²) in [5.74, 6) is 1.98. The van der Waals surface area contributed by atoms with Crippen molar-refractivity contribution in [3.63, 3.8) is 0 Å². The van der Waals surface area contributed by atoms with Gasteiger partial charge in [0.25, 0.3) is 0 Å². The van der Waals surface area contributed by atoms with Crippen LogP contribution in [0.2, 0.25) is 0 Å². The van der Waals surface area contributed by atoms with Gasteiger partial charge >= 0.3 is 5.69 Å². The molecule has 2 heterocycles. The first-order valence-corrected chi connectivity index (χ1v) is 10.0. The summed E-state index contributed by atoms with van der Waals surface area (Å²) in [6.07, 6.45) is 0.742. The predicted octanol–water partition coefficient (Wildman–Crippen LogP) is 3.17. The van der Waals surface area contributed by atoms with Gasteiger partial charge in [-0.1, -0.05) is 59.4 Å². The molecule has 0 aliphatic carbocycles. The van der Waals surface area contributed by atoms with E-state index < -0.39 is 0 Å². The zero-order chi connectivity index (χ0) is 20.1. The van der Waals surface area contributed by atoms with Gasteiger partial charge in [-0.25, -0.2) is 9.89 Å². The highest BCUT2D eigenvalue weighted by Gasteiger charge is 2.15. The van der Waals surface area contributed by atoms with Crippen LogP contribution in [-0.4, -0.2) is 32.0 Å². The number of para-hydroxylation sites is 1. The van der Waals surface area contributed by atoms with Crippen molar-refractivity contribution in [2.75, 3.05) is 7.11 Å². The molecule has 148 valence electrons. The van der Waals surface area contributed by atoms with Crippen molar-refractivity contribution in [1.82, 2.24) is 24.9 Å². The summed E-state index contributed by atoms with van der Waals surface area (Å²) in [5, 5.41) is 11.2. The second-order valence-corrected chi connectivity index (χ2v) is 7.14. The summed E-state index contributed by atoms with van der Waals surface area (Å²) in [5.41, 5.74) is 1.69. The molecule has 0 aliphatic heterocycles. The number of H-pyrrole nitrogens is 1. The van der Waals surface area contributed by atoms with E-state index in [0.717, 1.165) is 17.5 Å². The number of aryl methyl sites for hydroxylation is 1. The molecule has 0 fully saturated rings. The van der Waals surface area contributed by atoms with Crippen molar-refractivity contribution in [1.29, 1.82) is 0 Å². The third kappa shape index (κ3) is 4.40. The number of aromatic amines is 1. The van der Waals surface area contributed by atoms with E-state index >= 15 is 0 Å². The number of ether oxygens (including phenoxy) is 1. The van der Waals surface area contributed by atoms with E-state index in [-0.39, 0.29) is 5.69 Å². The maximum absolute atomic E-state index is 12.1. The van der Waals surface area contributed by atoms with Gasteiger partial charge in [0, 0.05) is 6.54 Å². The number of nitrogens with one attached hydrogen (secondary N) is 1. The number of nitrogens with zero attached hydrogens (tertiary/aromatic N) is 4. The molecule has 2 aromatic carbocycles. The molecule has 0 unspecified atom stereocenters. The maximum atomic E-state index is 12.1. The summed E-state index contributed by atoms with van der Waals surface area (Å²) in [6, 6.07) is 17.5. The van der Waals surface area contributed by atoms with Gasteiger partial charge in [0.15, 0.2) is 5.16 Å². The Balaban J connectivity index is 1.44. The van der Waals surface area contributed by atoms with Crippen molar-refractivity contribution in [2.24, 2.45) is 0 Å². The molecule has 0 radical (unpaired) electrons. The minimum absolute atomic E-state index is 0.233. The van der Waals surface area contributed by atoms with E-state index in [1.54, 1.807) is 11.7 Å². The molecule has 29 heavy (non-hydrogen) atoms. The highest BCUT2D eigenvalue weighted by Crippen LogP contribution is 2.28. The largest absolute Gasteiger partial charge is 0.496 e. The topological polar surface area (TPSA) is 98.8 Å². The molecule has 1 N–H and O–H groups in total. The lowest BCUT2D eigenvalue weighted by Crippen LogP contribution is -2.18. The van der Waals surface area contributed by atoms with Crippen molar-refractivity contribution >= 4 is 11.8 Å². The van der Waals surface area contributed by atoms with Crippen molar-refractivity contribution in [2.45, 2.75) is 23.9 Å². The number of aromatic nitrogens is 5. The van der Waals surface area contributed by atoms with Gasteiger partial charge in [-0.3, -0.25) is 4.57 Å². The van der Waals surface area contributed by atoms with Crippen LogP contribution in [-0.2, 0) is 18.7 Å². The van der Waals surface area contributed by atoms with E-state index in [1.165, 1.54) is 11.8 Å². The first kappa shape index (κ1) is 19.0. The number of rotatable bonds is 8. The van der Waals surface area contributed by atoms with Crippen LogP contribution in [0.5, 0.6) is 5.75 Å². The van der Waals surface area contributed by atoms with Crippen LogP contribution < -0.4 is 10.4 Å². The van der Waals surface area contributed by atoms with E-state index in [0.29, 0.717) is 34.9 Å². The van der Waals surface area contributed by atoms with E-state index in [2.05, 4.69) is 20.3 Å². The second kappa shape index (κ2) is 8.78. The third-order valence-corrected chi connectivity index (χ3v) is 5.29. The lowest BCUT2D eigenvalue weighted by molar-refractivity contribution is 0.390. The van der Waals surface area contributed by atoms with Gasteiger partial charge < -0.3 is 9.26 Å². The summed E-state index contributed by atoms with van der Waals surface area (Å²) >= 11 is 1.37. The Kier molecular flexibility index (Phi) is 5.76. The summed E-state index contributed by atoms with van der Waals surface area (Å²) < 4.78 is 12.3. The van der Waals surface area contributed by atoms with Gasteiger partial charge in [0.05, 0.1) is 18.4 Å². The molecule has 0 saturated heterocycles. The standard InChI is InChI=1S/C20H19N5O3S/c1-27-16-10-6-5-9-15(16)18-21-17(28-24-18)13-29-20-23-22-19(26)25(20)12-11-14-7-3-2-4-8-14/h2-10H,11-13H2,1H3,(H,22,26). The minimum Gasteiger partial charge on any atom is -0.496 e. The lowest BCUT2D eigenvalue weighted by Gasteiger charge is -2.04. The minimum atomic E-state index is -0.233. The number of hydrogen-bond acceptors (Lipinski definition) is 7. The smallest absolute Gasteiger partial charge is 0.343 e. The second-order valence-electron chi connectivity index (χ2n) is 6.20. The van der Waals surface area contributed by atoms with E-state index in [1.807, 2.05) is 54.6 Å². The fourth-order valence-electron chi connectivity index (χ4n) is 2.87. The van der Waals surface area contributed by atoms with Gasteiger partial charge in [-0.05, 0) is 24.1 Å².